The van der Waals surface area contributed by atoms with Crippen LogP contribution < -0.4 is 0 Å². The van der Waals surface area contributed by atoms with Gasteiger partial charge in [0.05, 0.1) is 5.02 Å². The summed E-state index contributed by atoms with van der Waals surface area (Å²) in [6, 6.07) is 15.4. The topological polar surface area (TPSA) is 34.1 Å². The lowest BCUT2D eigenvalue weighted by molar-refractivity contribution is 0.0953. The van der Waals surface area contributed by atoms with Gasteiger partial charge >= 0.3 is 0 Å². The number of hydrogen-bond donors (Lipinski definition) is 0. The van der Waals surface area contributed by atoms with Gasteiger partial charge in [-0.05, 0) is 37.0 Å². The molecule has 120 valence electrons. The molecule has 0 aromatic heterocycles. The number of Topliss-reactive ketones (excluding diaryl/α,β-unsaturated/α-hetero) is 1. The standard InChI is InChI=1S/C19H20ClO2P/c1-14-8-7-12-17(20)18(14)19(21)16(11-5-6-13-23-22)15-9-3-2-4-10-15/h2-4,7-10,12,16H,5-6,11,13H2,1H3. The summed E-state index contributed by atoms with van der Waals surface area (Å²) in [5.41, 5.74) is 2.53. The van der Waals surface area contributed by atoms with Gasteiger partial charge in [-0.1, -0.05) is 60.5 Å². The Morgan fingerprint density at radius 1 is 1.09 bits per heavy atom. The van der Waals surface area contributed by atoms with E-state index in [4.69, 9.17) is 11.6 Å². The van der Waals surface area contributed by atoms with Gasteiger partial charge in [-0.3, -0.25) is 9.36 Å². The van der Waals surface area contributed by atoms with E-state index in [2.05, 4.69) is 0 Å². The van der Waals surface area contributed by atoms with E-state index in [1.165, 1.54) is 0 Å². The van der Waals surface area contributed by atoms with Crippen molar-refractivity contribution >= 4 is 25.8 Å². The Labute approximate surface area is 144 Å². The molecule has 0 aliphatic carbocycles. The largest absolute Gasteiger partial charge is 0.293 e. The summed E-state index contributed by atoms with van der Waals surface area (Å²) in [5.74, 6) is -0.142. The maximum absolute atomic E-state index is 13.1. The highest BCUT2D eigenvalue weighted by Gasteiger charge is 2.24. The zero-order chi connectivity index (χ0) is 16.7. The first-order valence-electron chi connectivity index (χ1n) is 7.78. The molecule has 4 heteroatoms. The normalized spacial score (nSPS) is 12.3. The lowest BCUT2D eigenvalue weighted by Crippen LogP contribution is -2.15. The van der Waals surface area contributed by atoms with Crippen molar-refractivity contribution in [3.63, 3.8) is 0 Å². The second kappa shape index (κ2) is 8.96. The third kappa shape index (κ3) is 4.73. The Kier molecular flexibility index (Phi) is 6.95. The maximum Gasteiger partial charge on any atom is 0.172 e. The van der Waals surface area contributed by atoms with Crippen LogP contribution in [0.1, 0.15) is 46.7 Å². The number of halogens is 1. The predicted octanol–water partition coefficient (Wildman–Crippen LogP) is 6.08. The molecule has 0 spiro atoms. The molecule has 0 saturated heterocycles. The minimum atomic E-state index is -0.210. The highest BCUT2D eigenvalue weighted by atomic mass is 35.5. The molecule has 2 rings (SSSR count). The summed E-state index contributed by atoms with van der Waals surface area (Å²) in [7, 11) is 0.169. The number of benzene rings is 2. The van der Waals surface area contributed by atoms with Crippen molar-refractivity contribution in [2.24, 2.45) is 0 Å². The van der Waals surface area contributed by atoms with Crippen molar-refractivity contribution in [1.29, 1.82) is 0 Å². The lowest BCUT2D eigenvalue weighted by atomic mass is 9.85. The van der Waals surface area contributed by atoms with Crippen LogP contribution in [0.2, 0.25) is 5.02 Å². The van der Waals surface area contributed by atoms with Crippen molar-refractivity contribution < 1.29 is 9.36 Å². The molecule has 0 fully saturated rings. The molecule has 23 heavy (non-hydrogen) atoms. The first kappa shape index (κ1) is 17.8. The first-order chi connectivity index (χ1) is 11.1. The van der Waals surface area contributed by atoms with Crippen LogP contribution >= 0.6 is 20.1 Å². The van der Waals surface area contributed by atoms with E-state index in [0.29, 0.717) is 16.7 Å². The van der Waals surface area contributed by atoms with Crippen LogP contribution in [-0.4, -0.2) is 11.9 Å². The fourth-order valence-electron chi connectivity index (χ4n) is 2.78. The number of aryl methyl sites for hydroxylation is 1. The molecular weight excluding hydrogens is 327 g/mol. The Bertz CT molecular complexity index is 650. The predicted molar refractivity (Wildman–Crippen MR) is 96.0 cm³/mol. The smallest absolute Gasteiger partial charge is 0.172 e. The summed E-state index contributed by atoms with van der Waals surface area (Å²) in [6.07, 6.45) is 3.09. The fourth-order valence-corrected chi connectivity index (χ4v) is 3.45. The molecule has 0 amide bonds. The Balaban J connectivity index is 2.29. The van der Waals surface area contributed by atoms with E-state index >= 15 is 0 Å². The SMILES string of the molecule is Cc1cccc(Cl)c1C(=O)C(CCCCP=O)c1ccccc1. The van der Waals surface area contributed by atoms with Crippen molar-refractivity contribution in [2.45, 2.75) is 32.1 Å². The van der Waals surface area contributed by atoms with Crippen LogP contribution in [0.3, 0.4) is 0 Å². The zero-order valence-electron chi connectivity index (χ0n) is 13.2. The average molecular weight is 347 g/mol. The van der Waals surface area contributed by atoms with E-state index < -0.39 is 0 Å². The molecule has 2 nitrogen and oxygen atoms in total. The molecule has 1 unspecified atom stereocenters. The van der Waals surface area contributed by atoms with Gasteiger partial charge in [-0.25, -0.2) is 0 Å². The van der Waals surface area contributed by atoms with Crippen LogP contribution in [0, 0.1) is 6.92 Å². The van der Waals surface area contributed by atoms with Crippen molar-refractivity contribution in [1.82, 2.24) is 0 Å². The summed E-state index contributed by atoms with van der Waals surface area (Å²) in [4.78, 5) is 13.1. The number of hydrogen-bond acceptors (Lipinski definition) is 2. The van der Waals surface area contributed by atoms with Gasteiger partial charge in [0.15, 0.2) is 14.2 Å². The Hall–Kier alpha value is -1.50. The number of rotatable bonds is 8. The third-order valence-corrected chi connectivity index (χ3v) is 4.79. The van der Waals surface area contributed by atoms with Crippen LogP contribution in [-0.2, 0) is 4.57 Å². The van der Waals surface area contributed by atoms with E-state index in [1.807, 2.05) is 49.4 Å². The highest BCUT2D eigenvalue weighted by Crippen LogP contribution is 2.31. The molecule has 0 aliphatic rings. The molecule has 0 bridgehead atoms. The molecule has 0 saturated carbocycles. The molecule has 2 aromatic rings. The van der Waals surface area contributed by atoms with E-state index in [1.54, 1.807) is 6.07 Å². The van der Waals surface area contributed by atoms with Crippen LogP contribution in [0.5, 0.6) is 0 Å². The van der Waals surface area contributed by atoms with Gasteiger partial charge in [-0.15, -0.1) is 0 Å². The zero-order valence-corrected chi connectivity index (χ0v) is 14.8. The van der Waals surface area contributed by atoms with Crippen LogP contribution in [0.15, 0.2) is 48.5 Å². The number of unbranched alkanes of at least 4 members (excludes halogenated alkanes) is 1. The molecule has 0 radical (unpaired) electrons. The lowest BCUT2D eigenvalue weighted by Gasteiger charge is -2.18. The van der Waals surface area contributed by atoms with Crippen LogP contribution in [0.4, 0.5) is 0 Å². The molecule has 2 aromatic carbocycles. The quantitative estimate of drug-likeness (QED) is 0.330. The fraction of sp³-hybridized carbons (Fsp3) is 0.316. The Morgan fingerprint density at radius 3 is 2.48 bits per heavy atom. The van der Waals surface area contributed by atoms with Gasteiger partial charge in [0.25, 0.3) is 0 Å². The summed E-state index contributed by atoms with van der Waals surface area (Å²) < 4.78 is 10.6. The molecular formula is C19H20ClO2P. The number of carbonyl (C=O) groups is 1. The van der Waals surface area contributed by atoms with Gasteiger partial charge in [0.2, 0.25) is 0 Å². The molecule has 1 atom stereocenters. The number of carbonyl (C=O) groups excluding carboxylic acids is 1. The van der Waals surface area contributed by atoms with Crippen molar-refractivity contribution in [3.05, 3.63) is 70.2 Å². The van der Waals surface area contributed by atoms with E-state index in [-0.39, 0.29) is 20.2 Å². The van der Waals surface area contributed by atoms with Gasteiger partial charge < -0.3 is 0 Å². The average Bonchev–Trinajstić information content (AvgIpc) is 2.55. The van der Waals surface area contributed by atoms with Gasteiger partial charge in [-0.2, -0.15) is 0 Å². The van der Waals surface area contributed by atoms with Crippen molar-refractivity contribution in [2.75, 3.05) is 6.16 Å². The second-order valence-corrected chi connectivity index (χ2v) is 6.72. The summed E-state index contributed by atoms with van der Waals surface area (Å²) in [6.45, 7) is 1.91. The minimum Gasteiger partial charge on any atom is -0.293 e. The molecule has 0 aliphatic heterocycles. The summed E-state index contributed by atoms with van der Waals surface area (Å²) in [5, 5.41) is 0.508. The first-order valence-corrected chi connectivity index (χ1v) is 9.16. The molecule has 0 heterocycles. The van der Waals surface area contributed by atoms with E-state index in [0.717, 1.165) is 30.4 Å². The maximum atomic E-state index is 13.1. The third-order valence-electron chi connectivity index (χ3n) is 3.98. The monoisotopic (exact) mass is 346 g/mol. The minimum absolute atomic E-state index is 0.0685. The molecule has 0 N–H and O–H groups in total. The van der Waals surface area contributed by atoms with Crippen molar-refractivity contribution in [3.8, 4) is 0 Å². The van der Waals surface area contributed by atoms with Gasteiger partial charge in [0.1, 0.15) is 0 Å². The van der Waals surface area contributed by atoms with Crippen LogP contribution in [0.25, 0.3) is 0 Å². The van der Waals surface area contributed by atoms with Gasteiger partial charge in [0, 0.05) is 17.6 Å². The Morgan fingerprint density at radius 2 is 1.83 bits per heavy atom. The van der Waals surface area contributed by atoms with E-state index in [9.17, 15) is 9.36 Å². The highest BCUT2D eigenvalue weighted by molar-refractivity contribution is 7.23. The second-order valence-electron chi connectivity index (χ2n) is 5.61. The summed E-state index contributed by atoms with van der Waals surface area (Å²) >= 11 is 6.28. The number of ketones is 1.